The molecule has 86 valence electrons. The van der Waals surface area contributed by atoms with Crippen LogP contribution >= 0.6 is 0 Å². The number of halogens is 1. The molecule has 1 fully saturated rings. The fourth-order valence-electron chi connectivity index (χ4n) is 1.86. The van der Waals surface area contributed by atoms with Gasteiger partial charge in [0.1, 0.15) is 5.82 Å². The lowest BCUT2D eigenvalue weighted by molar-refractivity contribution is -0.128. The second kappa shape index (κ2) is 4.49. The third-order valence-electron chi connectivity index (χ3n) is 2.56. The summed E-state index contributed by atoms with van der Waals surface area (Å²) in [6.45, 7) is 1.45. The van der Waals surface area contributed by atoms with Crippen molar-refractivity contribution < 1.29 is 9.18 Å². The zero-order valence-electron chi connectivity index (χ0n) is 8.90. The van der Waals surface area contributed by atoms with Gasteiger partial charge in [0.25, 0.3) is 0 Å². The summed E-state index contributed by atoms with van der Waals surface area (Å²) in [5, 5.41) is 3.35. The molecule has 0 aliphatic carbocycles. The summed E-state index contributed by atoms with van der Waals surface area (Å²) in [6, 6.07) is 6.22. The number of rotatable bonds is 3. The van der Waals surface area contributed by atoms with Crippen LogP contribution in [0.1, 0.15) is 6.42 Å². The minimum Gasteiger partial charge on any atom is -0.329 e. The van der Waals surface area contributed by atoms with E-state index in [9.17, 15) is 9.18 Å². The predicted octanol–water partition coefficient (Wildman–Crippen LogP) is 0.738. The van der Waals surface area contributed by atoms with Crippen LogP contribution in [0.3, 0.4) is 0 Å². The molecule has 1 aliphatic rings. The zero-order chi connectivity index (χ0) is 11.5. The van der Waals surface area contributed by atoms with Crippen molar-refractivity contribution in [2.24, 2.45) is 5.73 Å². The molecule has 2 rings (SSSR count). The first kappa shape index (κ1) is 10.9. The third-order valence-corrected chi connectivity index (χ3v) is 2.56. The van der Waals surface area contributed by atoms with Crippen LogP contribution in [0.25, 0.3) is 0 Å². The van der Waals surface area contributed by atoms with E-state index in [-0.39, 0.29) is 11.7 Å². The minimum absolute atomic E-state index is 0.0368. The summed E-state index contributed by atoms with van der Waals surface area (Å²) in [5.74, 6) is -0.265. The molecule has 0 unspecified atom stereocenters. The summed E-state index contributed by atoms with van der Waals surface area (Å²) in [4.78, 5) is 11.6. The molecule has 5 heteroatoms. The van der Waals surface area contributed by atoms with Gasteiger partial charge in [0, 0.05) is 19.5 Å². The number of carbonyl (C=O) groups is 1. The van der Waals surface area contributed by atoms with Crippen molar-refractivity contribution in [1.29, 1.82) is 0 Å². The van der Waals surface area contributed by atoms with Crippen molar-refractivity contribution in [2.75, 3.05) is 24.6 Å². The van der Waals surface area contributed by atoms with E-state index < -0.39 is 0 Å². The Morgan fingerprint density at radius 1 is 1.44 bits per heavy atom. The second-order valence-corrected chi connectivity index (χ2v) is 3.66. The first-order chi connectivity index (χ1) is 7.72. The highest BCUT2D eigenvalue weighted by Gasteiger charge is 2.28. The van der Waals surface area contributed by atoms with Gasteiger partial charge in [0.05, 0.1) is 12.2 Å². The molecular weight excluding hydrogens is 209 g/mol. The van der Waals surface area contributed by atoms with Gasteiger partial charge < -0.3 is 5.73 Å². The van der Waals surface area contributed by atoms with E-state index in [2.05, 4.69) is 0 Å². The summed E-state index contributed by atoms with van der Waals surface area (Å²) >= 11 is 0. The van der Waals surface area contributed by atoms with Crippen LogP contribution in [0, 0.1) is 5.82 Å². The smallest absolute Gasteiger partial charge is 0.242 e. The summed E-state index contributed by atoms with van der Waals surface area (Å²) < 4.78 is 13.1. The van der Waals surface area contributed by atoms with Gasteiger partial charge >= 0.3 is 0 Å². The number of hydrogen-bond donors (Lipinski definition) is 1. The Hall–Kier alpha value is -1.62. The zero-order valence-corrected chi connectivity index (χ0v) is 8.90. The highest BCUT2D eigenvalue weighted by atomic mass is 19.1. The van der Waals surface area contributed by atoms with Crippen LogP contribution < -0.4 is 10.7 Å². The van der Waals surface area contributed by atoms with Crippen LogP contribution in [0.5, 0.6) is 0 Å². The Balaban J connectivity index is 2.23. The number of nitrogens with zero attached hydrogens (tertiary/aromatic N) is 2. The van der Waals surface area contributed by atoms with E-state index in [1.54, 1.807) is 22.2 Å². The molecule has 0 spiro atoms. The molecule has 1 amide bonds. The van der Waals surface area contributed by atoms with Gasteiger partial charge in [-0.25, -0.2) is 4.39 Å². The van der Waals surface area contributed by atoms with Crippen molar-refractivity contribution in [3.05, 3.63) is 30.1 Å². The number of benzene rings is 1. The molecule has 16 heavy (non-hydrogen) atoms. The lowest BCUT2D eigenvalue weighted by atomic mass is 10.3. The van der Waals surface area contributed by atoms with E-state index >= 15 is 0 Å². The third kappa shape index (κ3) is 1.99. The molecule has 0 aromatic heterocycles. The van der Waals surface area contributed by atoms with E-state index in [1.165, 1.54) is 12.1 Å². The van der Waals surface area contributed by atoms with Crippen molar-refractivity contribution >= 4 is 11.6 Å². The topological polar surface area (TPSA) is 49.6 Å². The number of amides is 1. The predicted molar refractivity (Wildman–Crippen MR) is 59.1 cm³/mol. The summed E-state index contributed by atoms with van der Waals surface area (Å²) in [5.41, 5.74) is 6.14. The van der Waals surface area contributed by atoms with E-state index in [0.29, 0.717) is 31.7 Å². The Kier molecular flexibility index (Phi) is 3.05. The number of hydrogen-bond acceptors (Lipinski definition) is 3. The first-order valence-corrected chi connectivity index (χ1v) is 5.26. The van der Waals surface area contributed by atoms with Crippen LogP contribution in [-0.2, 0) is 4.79 Å². The SMILES string of the molecule is NCCN1C(=O)CCN1c1cccc(F)c1. The lowest BCUT2D eigenvalue weighted by Gasteiger charge is -2.29. The quantitative estimate of drug-likeness (QED) is 0.822. The largest absolute Gasteiger partial charge is 0.329 e. The molecule has 0 saturated carbocycles. The Bertz CT molecular complexity index is 397. The monoisotopic (exact) mass is 223 g/mol. The van der Waals surface area contributed by atoms with Crippen LogP contribution in [0.15, 0.2) is 24.3 Å². The average Bonchev–Trinajstić information content (AvgIpc) is 2.61. The van der Waals surface area contributed by atoms with Crippen LogP contribution in [0.2, 0.25) is 0 Å². The molecule has 2 N–H and O–H groups in total. The molecule has 0 radical (unpaired) electrons. The lowest BCUT2D eigenvalue weighted by Crippen LogP contribution is -2.42. The van der Waals surface area contributed by atoms with Gasteiger partial charge in [-0.15, -0.1) is 0 Å². The number of carbonyl (C=O) groups excluding carboxylic acids is 1. The Morgan fingerprint density at radius 2 is 2.25 bits per heavy atom. The molecule has 1 aliphatic heterocycles. The van der Waals surface area contributed by atoms with E-state index in [1.807, 2.05) is 0 Å². The number of hydrazine groups is 1. The molecule has 1 heterocycles. The van der Waals surface area contributed by atoms with Crippen molar-refractivity contribution in [2.45, 2.75) is 6.42 Å². The maximum Gasteiger partial charge on any atom is 0.242 e. The number of anilines is 1. The highest BCUT2D eigenvalue weighted by Crippen LogP contribution is 2.22. The molecule has 1 aromatic carbocycles. The van der Waals surface area contributed by atoms with Gasteiger partial charge in [-0.1, -0.05) is 6.07 Å². The molecule has 0 bridgehead atoms. The summed E-state index contributed by atoms with van der Waals surface area (Å²) in [7, 11) is 0. The van der Waals surface area contributed by atoms with Crippen LogP contribution in [0.4, 0.5) is 10.1 Å². The van der Waals surface area contributed by atoms with Crippen molar-refractivity contribution in [3.8, 4) is 0 Å². The molecule has 4 nitrogen and oxygen atoms in total. The van der Waals surface area contributed by atoms with E-state index in [0.717, 1.165) is 0 Å². The van der Waals surface area contributed by atoms with Gasteiger partial charge in [-0.2, -0.15) is 0 Å². The van der Waals surface area contributed by atoms with Gasteiger partial charge in [0.2, 0.25) is 5.91 Å². The maximum absolute atomic E-state index is 13.1. The van der Waals surface area contributed by atoms with Crippen molar-refractivity contribution in [3.63, 3.8) is 0 Å². The number of nitrogens with two attached hydrogens (primary N) is 1. The first-order valence-electron chi connectivity index (χ1n) is 5.26. The molecule has 1 aromatic rings. The fraction of sp³-hybridized carbons (Fsp3) is 0.364. The second-order valence-electron chi connectivity index (χ2n) is 3.66. The van der Waals surface area contributed by atoms with Gasteiger partial charge in [0.15, 0.2) is 0 Å². The average molecular weight is 223 g/mol. The van der Waals surface area contributed by atoms with Gasteiger partial charge in [-0.3, -0.25) is 14.8 Å². The normalized spacial score (nSPS) is 16.0. The standard InChI is InChI=1S/C11H14FN3O/c12-9-2-1-3-10(8-9)14-6-4-11(16)15(14)7-5-13/h1-3,8H,4-7,13H2. The van der Waals surface area contributed by atoms with Crippen molar-refractivity contribution in [1.82, 2.24) is 5.01 Å². The van der Waals surface area contributed by atoms with Crippen LogP contribution in [-0.4, -0.2) is 30.6 Å². The van der Waals surface area contributed by atoms with E-state index in [4.69, 9.17) is 5.73 Å². The summed E-state index contributed by atoms with van der Waals surface area (Å²) in [6.07, 6.45) is 0.455. The molecule has 1 saturated heterocycles. The Morgan fingerprint density at radius 3 is 2.94 bits per heavy atom. The molecular formula is C11H14FN3O. The maximum atomic E-state index is 13.1. The minimum atomic E-state index is -0.301. The highest BCUT2D eigenvalue weighted by molar-refractivity contribution is 5.81. The van der Waals surface area contributed by atoms with Gasteiger partial charge in [-0.05, 0) is 18.2 Å². The Labute approximate surface area is 93.4 Å². The fourth-order valence-corrected chi connectivity index (χ4v) is 1.86. The molecule has 0 atom stereocenters.